The van der Waals surface area contributed by atoms with Crippen LogP contribution >= 0.6 is 0 Å². The number of aryl methyl sites for hydroxylation is 2. The summed E-state index contributed by atoms with van der Waals surface area (Å²) in [5.74, 6) is 0.132. The quantitative estimate of drug-likeness (QED) is 0.0406. The molecule has 296 valence electrons. The Bertz CT molecular complexity index is 1840. The fourth-order valence-corrected chi connectivity index (χ4v) is 6.26. The average Bonchev–Trinajstić information content (AvgIpc) is 3.61. The number of aldehydes is 1. The number of hydrogen-bond acceptors (Lipinski definition) is 13. The number of anilines is 2. The SMILES string of the molecule is C=Nc1cc(C=O)cc(OC)c1N(C/C=C/CN(C(=O)c1cc(C)nn1CC)c1c(N=C)cc(C(=O)N(C)NC)cc1OCCCN1CCOCC1)CNC. The van der Waals surface area contributed by atoms with Gasteiger partial charge in [0.15, 0.2) is 0 Å². The molecule has 0 bridgehead atoms. The van der Waals surface area contributed by atoms with E-state index < -0.39 is 0 Å². The zero-order valence-corrected chi connectivity index (χ0v) is 32.8. The number of ether oxygens (including phenoxy) is 3. The second-order valence-electron chi connectivity index (χ2n) is 12.7. The summed E-state index contributed by atoms with van der Waals surface area (Å²) < 4.78 is 19.3. The highest BCUT2D eigenvalue weighted by molar-refractivity contribution is 6.09. The molecule has 3 aromatic rings. The first kappa shape index (κ1) is 42.3. The van der Waals surface area contributed by atoms with Crippen LogP contribution < -0.4 is 30.0 Å². The van der Waals surface area contributed by atoms with Crippen LogP contribution in [-0.4, -0.2) is 139 Å². The van der Waals surface area contributed by atoms with E-state index in [2.05, 4.69) is 44.2 Å². The highest BCUT2D eigenvalue weighted by Crippen LogP contribution is 2.41. The molecule has 0 atom stereocenters. The Morgan fingerprint density at radius 2 is 1.71 bits per heavy atom. The van der Waals surface area contributed by atoms with Gasteiger partial charge in [-0.05, 0) is 71.1 Å². The molecule has 2 amide bonds. The minimum atomic E-state index is -0.335. The van der Waals surface area contributed by atoms with Gasteiger partial charge in [0.1, 0.15) is 34.9 Å². The fraction of sp³-hybridized carbons (Fsp3) is 0.436. The largest absolute Gasteiger partial charge is 0.494 e. The van der Waals surface area contributed by atoms with Crippen LogP contribution in [0.1, 0.15) is 50.2 Å². The molecule has 0 spiro atoms. The van der Waals surface area contributed by atoms with Crippen LogP contribution in [0.3, 0.4) is 0 Å². The number of aromatic nitrogens is 2. The molecule has 2 N–H and O–H groups in total. The molecule has 0 aliphatic carbocycles. The van der Waals surface area contributed by atoms with Crippen LogP contribution in [0.25, 0.3) is 0 Å². The van der Waals surface area contributed by atoms with Crippen molar-refractivity contribution in [2.24, 2.45) is 9.98 Å². The molecule has 4 rings (SSSR count). The second-order valence-corrected chi connectivity index (χ2v) is 12.7. The van der Waals surface area contributed by atoms with Gasteiger partial charge >= 0.3 is 0 Å². The van der Waals surface area contributed by atoms with Crippen LogP contribution in [0.2, 0.25) is 0 Å². The van der Waals surface area contributed by atoms with Gasteiger partial charge in [-0.15, -0.1) is 0 Å². The molecular weight excluding hydrogens is 704 g/mol. The summed E-state index contributed by atoms with van der Waals surface area (Å²) in [6.45, 7) is 16.9. The summed E-state index contributed by atoms with van der Waals surface area (Å²) in [4.78, 5) is 54.1. The van der Waals surface area contributed by atoms with E-state index in [1.807, 2.05) is 37.9 Å². The Morgan fingerprint density at radius 3 is 2.35 bits per heavy atom. The number of morpholine rings is 1. The number of hydrazine groups is 1. The third kappa shape index (κ3) is 10.6. The van der Waals surface area contributed by atoms with Crippen LogP contribution in [0.4, 0.5) is 22.7 Å². The molecule has 1 fully saturated rings. The third-order valence-electron chi connectivity index (χ3n) is 9.08. The molecule has 16 nitrogen and oxygen atoms in total. The summed E-state index contributed by atoms with van der Waals surface area (Å²) in [5.41, 5.74) is 6.46. The number of methoxy groups -OCH3 is 1. The van der Waals surface area contributed by atoms with Gasteiger partial charge < -0.3 is 24.4 Å². The smallest absolute Gasteiger partial charge is 0.277 e. The van der Waals surface area contributed by atoms with Crippen LogP contribution in [-0.2, 0) is 11.3 Å². The maximum absolute atomic E-state index is 14.7. The standard InChI is InChI=1S/C39H54N10O6/c1-9-49-33(21-28(2)44-49)39(52)48(15-11-10-14-47(27-40-3)36-31(41-4)22-29(26-50)23-34(36)53-8)37-32(42-5)24-30(38(51)45(7)43-6)25-35(37)55-18-12-13-46-16-19-54-20-17-46/h10-11,21-26,40,43H,4-5,9,12-20,27H2,1-3,6-8H3/b11-10+. The Morgan fingerprint density at radius 1 is 1.00 bits per heavy atom. The maximum atomic E-state index is 14.7. The van der Waals surface area contributed by atoms with E-state index in [-0.39, 0.29) is 18.4 Å². The van der Waals surface area contributed by atoms with E-state index >= 15 is 0 Å². The van der Waals surface area contributed by atoms with Crippen molar-refractivity contribution in [1.29, 1.82) is 0 Å². The first-order valence-electron chi connectivity index (χ1n) is 18.2. The van der Waals surface area contributed by atoms with Gasteiger partial charge in [0.05, 0.1) is 50.7 Å². The predicted octanol–water partition coefficient (Wildman–Crippen LogP) is 3.89. The van der Waals surface area contributed by atoms with Gasteiger partial charge in [0.25, 0.3) is 11.8 Å². The van der Waals surface area contributed by atoms with Crippen molar-refractivity contribution in [1.82, 2.24) is 30.4 Å². The Labute approximate surface area is 323 Å². The lowest BCUT2D eigenvalue weighted by atomic mass is 10.1. The van der Waals surface area contributed by atoms with E-state index in [0.29, 0.717) is 103 Å². The number of aliphatic imine (C=N–C) groups is 2. The van der Waals surface area contributed by atoms with E-state index in [4.69, 9.17) is 14.2 Å². The summed E-state index contributed by atoms with van der Waals surface area (Å²) in [6, 6.07) is 8.31. The maximum Gasteiger partial charge on any atom is 0.277 e. The number of hydrogen-bond donors (Lipinski definition) is 2. The summed E-state index contributed by atoms with van der Waals surface area (Å²) in [6.07, 6.45) is 5.23. The molecule has 1 aromatic heterocycles. The number of nitrogens with zero attached hydrogens (tertiary/aromatic N) is 8. The van der Waals surface area contributed by atoms with E-state index in [1.165, 1.54) is 12.1 Å². The van der Waals surface area contributed by atoms with Gasteiger partial charge in [-0.1, -0.05) is 12.2 Å². The van der Waals surface area contributed by atoms with Crippen LogP contribution in [0.15, 0.2) is 52.5 Å². The van der Waals surface area contributed by atoms with Crippen molar-refractivity contribution in [3.05, 3.63) is 65.0 Å². The minimum Gasteiger partial charge on any atom is -0.494 e. The first-order valence-corrected chi connectivity index (χ1v) is 18.2. The predicted molar refractivity (Wildman–Crippen MR) is 216 cm³/mol. The topological polar surface area (TPSA) is 158 Å². The van der Waals surface area contributed by atoms with Crippen molar-refractivity contribution in [2.45, 2.75) is 26.8 Å². The molecule has 1 aliphatic rings. The van der Waals surface area contributed by atoms with Crippen molar-refractivity contribution in [3.8, 4) is 11.5 Å². The van der Waals surface area contributed by atoms with Gasteiger partial charge in [-0.3, -0.25) is 43.9 Å². The normalized spacial score (nSPS) is 13.1. The number of nitrogens with one attached hydrogen (secondary N) is 2. The zero-order chi connectivity index (χ0) is 39.9. The molecule has 1 aliphatic heterocycles. The number of benzene rings is 2. The molecule has 0 saturated carbocycles. The zero-order valence-electron chi connectivity index (χ0n) is 32.8. The Kier molecular flexibility index (Phi) is 16.1. The number of amides is 2. The van der Waals surface area contributed by atoms with E-state index in [9.17, 15) is 14.4 Å². The van der Waals surface area contributed by atoms with Crippen molar-refractivity contribution < 1.29 is 28.6 Å². The summed E-state index contributed by atoms with van der Waals surface area (Å²) >= 11 is 0. The monoisotopic (exact) mass is 758 g/mol. The number of carbonyl (C=O) groups is 3. The molecule has 1 saturated heterocycles. The first-order chi connectivity index (χ1) is 26.6. The Hall–Kier alpha value is -5.42. The number of carbonyl (C=O) groups excluding carboxylic acids is 3. The molecule has 2 heterocycles. The van der Waals surface area contributed by atoms with Crippen molar-refractivity contribution in [3.63, 3.8) is 0 Å². The summed E-state index contributed by atoms with van der Waals surface area (Å²) in [5, 5.41) is 9.06. The number of rotatable bonds is 21. The molecule has 16 heteroatoms. The fourth-order valence-electron chi connectivity index (χ4n) is 6.26. The molecule has 0 unspecified atom stereocenters. The molecule has 0 radical (unpaired) electrons. The highest BCUT2D eigenvalue weighted by Gasteiger charge is 2.29. The van der Waals surface area contributed by atoms with Gasteiger partial charge in [0, 0.05) is 64.5 Å². The minimum absolute atomic E-state index is 0.102. The lowest BCUT2D eigenvalue weighted by molar-refractivity contribution is 0.0358. The van der Waals surface area contributed by atoms with Crippen molar-refractivity contribution >= 4 is 54.3 Å². The molecule has 55 heavy (non-hydrogen) atoms. The second kappa shape index (κ2) is 20.9. The lowest BCUT2D eigenvalue weighted by Gasteiger charge is -2.28. The molecule has 2 aromatic carbocycles. The van der Waals surface area contributed by atoms with Gasteiger partial charge in [-0.2, -0.15) is 5.10 Å². The van der Waals surface area contributed by atoms with E-state index in [1.54, 1.807) is 54.0 Å². The van der Waals surface area contributed by atoms with Crippen LogP contribution in [0, 0.1) is 6.92 Å². The third-order valence-corrected chi connectivity index (χ3v) is 9.08. The highest BCUT2D eigenvalue weighted by atomic mass is 16.5. The van der Waals surface area contributed by atoms with Gasteiger partial charge in [0.2, 0.25) is 0 Å². The van der Waals surface area contributed by atoms with Crippen molar-refractivity contribution in [2.75, 3.05) is 97.3 Å². The van der Waals surface area contributed by atoms with Gasteiger partial charge in [-0.25, -0.2) is 5.43 Å². The summed E-state index contributed by atoms with van der Waals surface area (Å²) in [7, 11) is 6.62. The van der Waals surface area contributed by atoms with Crippen LogP contribution in [0.5, 0.6) is 11.5 Å². The molecular formula is C39H54N10O6. The Balaban J connectivity index is 1.77. The average molecular weight is 759 g/mol. The van der Waals surface area contributed by atoms with E-state index in [0.717, 1.165) is 25.9 Å². The lowest BCUT2D eigenvalue weighted by Crippen LogP contribution is -2.37.